The molecule has 0 saturated carbocycles. The second-order valence-electron chi connectivity index (χ2n) is 11.9. The van der Waals surface area contributed by atoms with Crippen LogP contribution in [0.4, 0.5) is 18.9 Å². The second kappa shape index (κ2) is 25.0. The predicted molar refractivity (Wildman–Crippen MR) is 214 cm³/mol. The molecule has 5 rings (SSSR count). The van der Waals surface area contributed by atoms with Crippen molar-refractivity contribution >= 4 is 60.7 Å². The van der Waals surface area contributed by atoms with E-state index in [2.05, 4.69) is 89.2 Å². The maximum absolute atomic E-state index is 12.6. The van der Waals surface area contributed by atoms with Crippen LogP contribution in [0.1, 0.15) is 50.1 Å². The van der Waals surface area contributed by atoms with Crippen LogP contribution < -0.4 is 10.00 Å². The Labute approximate surface area is 355 Å². The molecule has 0 aliphatic rings. The third kappa shape index (κ3) is 15.7. The number of alkyl halides is 3. The molecule has 0 bridgehead atoms. The largest absolute Gasteiger partial charge is 2.00 e. The molecule has 306 valence electrons. The molecule has 0 N–H and O–H groups in total. The number of carbonyl (C=O) groups excluding carboxylic acids is 3. The van der Waals surface area contributed by atoms with Gasteiger partial charge in [-0.25, -0.2) is 4.98 Å². The maximum Gasteiger partial charge on any atom is 2.00 e. The molecule has 0 unspecified atom stereocenters. The van der Waals surface area contributed by atoms with Gasteiger partial charge in [0, 0.05) is 36.4 Å². The van der Waals surface area contributed by atoms with Crippen molar-refractivity contribution in [1.82, 2.24) is 30.1 Å². The first-order chi connectivity index (χ1) is 27.8. The van der Waals surface area contributed by atoms with Crippen LogP contribution in [0.25, 0.3) is 57.8 Å². The van der Waals surface area contributed by atoms with Crippen molar-refractivity contribution in [1.29, 1.82) is 0 Å². The maximum atomic E-state index is 12.6. The molecule has 0 fully saturated rings. The van der Waals surface area contributed by atoms with E-state index < -0.39 is 11.9 Å². The summed E-state index contributed by atoms with van der Waals surface area (Å²) in [6.45, 7) is 9.20. The van der Waals surface area contributed by atoms with Gasteiger partial charge < -0.3 is 34.7 Å². The summed E-state index contributed by atoms with van der Waals surface area (Å²) < 4.78 is 51.7. The van der Waals surface area contributed by atoms with Crippen LogP contribution in [0.15, 0.2) is 92.0 Å². The molecule has 0 aromatic carbocycles. The Balaban J connectivity index is 0.000000401. The molecule has 5 heterocycles. The summed E-state index contributed by atoms with van der Waals surface area (Å²) in [4.78, 5) is 50.9. The number of aromatic nitrogens is 6. The van der Waals surface area contributed by atoms with E-state index in [-0.39, 0.29) is 37.3 Å². The monoisotopic (exact) mass is 914 g/mol. The molecule has 14 nitrogen and oxygen atoms in total. The minimum absolute atomic E-state index is 0. The Morgan fingerprint density at radius 2 is 1.12 bits per heavy atom. The van der Waals surface area contributed by atoms with Crippen LogP contribution in [0.5, 0.6) is 0 Å². The van der Waals surface area contributed by atoms with E-state index in [0.717, 1.165) is 22.9 Å². The van der Waals surface area contributed by atoms with Crippen LogP contribution >= 0.6 is 12.2 Å². The van der Waals surface area contributed by atoms with Crippen molar-refractivity contribution in [2.45, 2.75) is 46.0 Å². The van der Waals surface area contributed by atoms with E-state index in [1.165, 1.54) is 23.9 Å². The molecule has 5 aromatic rings. The molecule has 0 radical (unpaired) electrons. The fraction of sp³-hybridized carbons (Fsp3) is 0.175. The summed E-state index contributed by atoms with van der Waals surface area (Å²) in [6.07, 6.45) is 8.89. The third-order valence-corrected chi connectivity index (χ3v) is 7.37. The average molecular weight is 914 g/mol. The second-order valence-corrected chi connectivity index (χ2v) is 12.1. The summed E-state index contributed by atoms with van der Waals surface area (Å²) in [6, 6.07) is 15.6. The van der Waals surface area contributed by atoms with Crippen LogP contribution in [-0.2, 0) is 54.2 Å². The van der Waals surface area contributed by atoms with Gasteiger partial charge in [-0.1, -0.05) is 17.9 Å². The summed E-state index contributed by atoms with van der Waals surface area (Å²) >= 11 is 3.70. The minimum Gasteiger partial charge on any atom is -0.753 e. The number of hydrogen-bond acceptors (Lipinski definition) is 13. The number of hydrogen-bond donors (Lipinski definition) is 0. The van der Waals surface area contributed by atoms with E-state index in [9.17, 15) is 27.6 Å². The quantitative estimate of drug-likeness (QED) is 0.0246. The molecule has 19 heteroatoms. The van der Waals surface area contributed by atoms with Gasteiger partial charge in [0.2, 0.25) is 0 Å². The molecule has 0 amide bonds. The van der Waals surface area contributed by atoms with E-state index in [1.807, 2.05) is 6.07 Å². The van der Waals surface area contributed by atoms with E-state index in [1.54, 1.807) is 79.3 Å². The van der Waals surface area contributed by atoms with Gasteiger partial charge in [-0.3, -0.25) is 29.3 Å². The summed E-state index contributed by atoms with van der Waals surface area (Å²) in [5.41, 5.74) is 4.79. The zero-order chi connectivity index (χ0) is 42.5. The molecule has 5 aromatic heterocycles. The van der Waals surface area contributed by atoms with Crippen molar-refractivity contribution in [3.63, 3.8) is 0 Å². The minimum atomic E-state index is -4.50. The number of pyridine rings is 4. The molecular weight excluding hydrogens is 879 g/mol. The summed E-state index contributed by atoms with van der Waals surface area (Å²) in [7, 11) is 0. The Kier molecular flexibility index (Phi) is 20.6. The van der Waals surface area contributed by atoms with Crippen molar-refractivity contribution in [2.24, 2.45) is 0 Å². The standard InChI is InChI=1S/C24H17N3O6.C15H18F3N4.CNS.Ru/c28-15-31-8-3-18-1-6-25-21(11-18)23-13-20(5-10-33-17-30)14-24(27-23)22-12-19(2-7-26-22)4-9-32-16-29;1-9(2)22(10(3)4)11-5-6-19-12(7-11)13-8-14(21-20-13)15(16,17)18;2-1-3;/h1-17H;5-10H,1-4H3;;/q;2*-1;+2/b8-3+,9-4+,10-5+;;;. The molecule has 0 aliphatic heterocycles. The molecule has 59 heavy (non-hydrogen) atoms. The van der Waals surface area contributed by atoms with Crippen LogP contribution in [0.3, 0.4) is 0 Å². The number of nitrogens with zero attached hydrogens (tertiary/aromatic N) is 8. The Bertz CT molecular complexity index is 2170. The number of carbonyl (C=O) groups is 3. The van der Waals surface area contributed by atoms with Crippen molar-refractivity contribution in [3.8, 4) is 34.2 Å². The van der Waals surface area contributed by atoms with Gasteiger partial charge in [-0.15, -0.1) is 0 Å². The Morgan fingerprint density at radius 1 is 0.695 bits per heavy atom. The van der Waals surface area contributed by atoms with Gasteiger partial charge >= 0.3 is 25.7 Å². The van der Waals surface area contributed by atoms with Gasteiger partial charge in [0.15, 0.2) is 0 Å². The number of isothiocyanates is 1. The van der Waals surface area contributed by atoms with Gasteiger partial charge in [0.05, 0.1) is 47.3 Å². The fourth-order valence-corrected chi connectivity index (χ4v) is 5.21. The molecular formula is C40H35F3N8O6RuS. The van der Waals surface area contributed by atoms with Gasteiger partial charge in [-0.2, -0.15) is 18.3 Å². The van der Waals surface area contributed by atoms with Crippen LogP contribution in [-0.4, -0.2) is 61.7 Å². The molecule has 0 atom stereocenters. The van der Waals surface area contributed by atoms with Gasteiger partial charge in [0.1, 0.15) is 5.69 Å². The van der Waals surface area contributed by atoms with Gasteiger partial charge in [0.25, 0.3) is 19.4 Å². The molecule has 0 aliphatic carbocycles. The van der Waals surface area contributed by atoms with Crippen LogP contribution in [0, 0.1) is 0 Å². The van der Waals surface area contributed by atoms with E-state index >= 15 is 0 Å². The van der Waals surface area contributed by atoms with Crippen molar-refractivity contribution in [2.75, 3.05) is 4.90 Å². The van der Waals surface area contributed by atoms with Gasteiger partial charge in [-0.05, 0) is 117 Å². The number of ether oxygens (including phenoxy) is 3. The topological polar surface area (TPSA) is 183 Å². The molecule has 0 saturated heterocycles. The van der Waals surface area contributed by atoms with Crippen LogP contribution in [0.2, 0.25) is 0 Å². The normalized spacial score (nSPS) is 10.9. The van der Waals surface area contributed by atoms with Crippen molar-refractivity contribution < 1.29 is 61.2 Å². The number of thiocarbonyl (C=S) groups is 1. The smallest absolute Gasteiger partial charge is 0.753 e. The average Bonchev–Trinajstić information content (AvgIpc) is 3.71. The Hall–Kier alpha value is -6.55. The number of halogens is 3. The zero-order valence-corrected chi connectivity index (χ0v) is 34.3. The third-order valence-electron chi connectivity index (χ3n) is 7.37. The number of anilines is 1. The summed E-state index contributed by atoms with van der Waals surface area (Å²) in [5.74, 6) is 0. The molecule has 0 spiro atoms. The number of rotatable bonds is 15. The predicted octanol–water partition coefficient (Wildman–Crippen LogP) is 8.04. The fourth-order valence-electron chi connectivity index (χ4n) is 5.21. The first-order valence-corrected chi connectivity index (χ1v) is 17.3. The first kappa shape index (κ1) is 48.6. The van der Waals surface area contributed by atoms with Crippen molar-refractivity contribution in [3.05, 3.63) is 120 Å². The first-order valence-electron chi connectivity index (χ1n) is 16.9. The summed E-state index contributed by atoms with van der Waals surface area (Å²) in [5, 5.41) is 15.2. The SMILES string of the molecule is CC(C)N(c1ccnc(-c2cc(C(F)(F)F)n[n-]2)c1)C(C)C.O=CO/C=C/c1ccnc(-c2cc(/C=C/OC=O)cc(-c3cc(/C=C/OC=O)ccn3)n2)c1.[N-]=C=S.[Ru+2]. The zero-order valence-electron chi connectivity index (χ0n) is 31.7. The van der Waals surface area contributed by atoms with E-state index in [4.69, 9.17) is 5.41 Å². The Morgan fingerprint density at radius 3 is 1.54 bits per heavy atom. The van der Waals surface area contributed by atoms with E-state index in [0.29, 0.717) is 53.4 Å².